The average Bonchev–Trinajstić information content (AvgIpc) is 2.68. The zero-order chi connectivity index (χ0) is 14.3. The van der Waals surface area contributed by atoms with E-state index in [2.05, 4.69) is 34.0 Å². The molecule has 19 heavy (non-hydrogen) atoms. The molecule has 0 saturated heterocycles. The van der Waals surface area contributed by atoms with Crippen LogP contribution in [-0.4, -0.2) is 40.7 Å². The van der Waals surface area contributed by atoms with E-state index in [9.17, 15) is 13.2 Å². The van der Waals surface area contributed by atoms with Gasteiger partial charge in [-0.15, -0.1) is 0 Å². The van der Waals surface area contributed by atoms with E-state index >= 15 is 0 Å². The van der Waals surface area contributed by atoms with Crippen LogP contribution in [-0.2, 0) is 17.8 Å². The summed E-state index contributed by atoms with van der Waals surface area (Å²) in [6.45, 7) is 4.51. The third kappa shape index (κ3) is 7.12. The Hall–Kier alpha value is -1.15. The van der Waals surface area contributed by atoms with Crippen LogP contribution in [0.25, 0.3) is 0 Å². The van der Waals surface area contributed by atoms with Gasteiger partial charge in [0.15, 0.2) is 0 Å². The van der Waals surface area contributed by atoms with Gasteiger partial charge in [0.25, 0.3) is 0 Å². The lowest BCUT2D eigenvalue weighted by atomic mass is 10.2. The Balaban J connectivity index is 2.17. The van der Waals surface area contributed by atoms with Crippen LogP contribution in [0.1, 0.15) is 19.7 Å². The maximum atomic E-state index is 11.8. The fraction of sp³-hybridized carbons (Fsp3) is 0.818. The molecule has 0 amide bonds. The van der Waals surface area contributed by atoms with Crippen LogP contribution in [0.2, 0.25) is 0 Å². The minimum Gasteiger partial charge on any atom is -0.371 e. The zero-order valence-corrected chi connectivity index (χ0v) is 11.1. The molecule has 0 saturated carbocycles. The van der Waals surface area contributed by atoms with Crippen LogP contribution < -0.4 is 5.32 Å². The van der Waals surface area contributed by atoms with E-state index in [-0.39, 0.29) is 6.61 Å². The monoisotopic (exact) mass is 280 g/mol. The second-order valence-electron chi connectivity index (χ2n) is 4.60. The molecule has 0 radical (unpaired) electrons. The van der Waals surface area contributed by atoms with Gasteiger partial charge in [0.1, 0.15) is 18.8 Å². The van der Waals surface area contributed by atoms with E-state index in [4.69, 9.17) is 0 Å². The Morgan fingerprint density at radius 2 is 2.16 bits per heavy atom. The van der Waals surface area contributed by atoms with Crippen LogP contribution in [0.15, 0.2) is 6.33 Å². The van der Waals surface area contributed by atoms with Crippen LogP contribution in [0.4, 0.5) is 13.2 Å². The lowest BCUT2D eigenvalue weighted by Crippen LogP contribution is -2.25. The van der Waals surface area contributed by atoms with Crippen LogP contribution in [0, 0.1) is 5.92 Å². The minimum atomic E-state index is -4.27. The number of hydrogen-bond donors (Lipinski definition) is 1. The zero-order valence-electron chi connectivity index (χ0n) is 11.1. The number of aromatic nitrogens is 3. The first-order valence-corrected chi connectivity index (χ1v) is 6.10. The summed E-state index contributed by atoms with van der Waals surface area (Å²) >= 11 is 0. The summed E-state index contributed by atoms with van der Waals surface area (Å²) in [6, 6.07) is 0. The molecule has 0 spiro atoms. The number of halogens is 3. The Bertz CT molecular complexity index is 365. The summed E-state index contributed by atoms with van der Waals surface area (Å²) in [6.07, 6.45) is -2.79. The highest BCUT2D eigenvalue weighted by Crippen LogP contribution is 2.13. The number of nitrogens with zero attached hydrogens (tertiary/aromatic N) is 3. The molecule has 5 nitrogen and oxygen atoms in total. The van der Waals surface area contributed by atoms with Gasteiger partial charge in [-0.3, -0.25) is 0 Å². The summed E-state index contributed by atoms with van der Waals surface area (Å²) in [7, 11) is 0. The van der Waals surface area contributed by atoms with E-state index in [1.165, 1.54) is 6.33 Å². The first-order chi connectivity index (χ1) is 8.88. The molecule has 0 unspecified atom stereocenters. The number of nitrogens with one attached hydrogen (secondary N) is 1. The van der Waals surface area contributed by atoms with Gasteiger partial charge in [-0.05, 0) is 5.92 Å². The molecule has 0 aliphatic rings. The van der Waals surface area contributed by atoms with Crippen molar-refractivity contribution in [2.45, 2.75) is 33.1 Å². The molecule has 1 N–H and O–H groups in total. The quantitative estimate of drug-likeness (QED) is 0.735. The molecule has 0 fully saturated rings. The highest BCUT2D eigenvalue weighted by Gasteiger charge is 2.27. The van der Waals surface area contributed by atoms with Crippen molar-refractivity contribution in [2.75, 3.05) is 19.8 Å². The number of rotatable bonds is 8. The summed E-state index contributed by atoms with van der Waals surface area (Å²) in [5.41, 5.74) is 0. The standard InChI is InChI=1S/C11H19F3N4O/c1-9(2)6-18-10(16-8-17-18)5-15-3-4-19-7-11(12,13)14/h8-9,15H,3-7H2,1-2H3. The average molecular weight is 280 g/mol. The lowest BCUT2D eigenvalue weighted by Gasteiger charge is -2.10. The van der Waals surface area contributed by atoms with Crippen molar-refractivity contribution in [3.63, 3.8) is 0 Å². The molecule has 1 rings (SSSR count). The van der Waals surface area contributed by atoms with Crippen molar-refractivity contribution in [3.8, 4) is 0 Å². The smallest absolute Gasteiger partial charge is 0.371 e. The topological polar surface area (TPSA) is 52.0 Å². The molecule has 110 valence electrons. The fourth-order valence-electron chi connectivity index (χ4n) is 1.46. The third-order valence-corrected chi connectivity index (χ3v) is 2.21. The van der Waals surface area contributed by atoms with Crippen molar-refractivity contribution in [3.05, 3.63) is 12.2 Å². The molecule has 8 heteroatoms. The normalized spacial score (nSPS) is 12.3. The van der Waals surface area contributed by atoms with Gasteiger partial charge in [0.05, 0.1) is 13.2 Å². The lowest BCUT2D eigenvalue weighted by molar-refractivity contribution is -0.173. The maximum Gasteiger partial charge on any atom is 0.411 e. The number of alkyl halides is 3. The van der Waals surface area contributed by atoms with E-state index < -0.39 is 12.8 Å². The van der Waals surface area contributed by atoms with Gasteiger partial charge in [0, 0.05) is 13.1 Å². The van der Waals surface area contributed by atoms with E-state index in [1.807, 2.05) is 0 Å². The summed E-state index contributed by atoms with van der Waals surface area (Å²) in [4.78, 5) is 4.09. The first-order valence-electron chi connectivity index (χ1n) is 6.10. The van der Waals surface area contributed by atoms with Crippen molar-refractivity contribution >= 4 is 0 Å². The predicted molar refractivity (Wildman–Crippen MR) is 63.4 cm³/mol. The van der Waals surface area contributed by atoms with Crippen LogP contribution in [0.5, 0.6) is 0 Å². The highest BCUT2D eigenvalue weighted by atomic mass is 19.4. The molecular formula is C11H19F3N4O. The van der Waals surface area contributed by atoms with Gasteiger partial charge < -0.3 is 10.1 Å². The van der Waals surface area contributed by atoms with Crippen molar-refractivity contribution in [2.24, 2.45) is 5.92 Å². The fourth-order valence-corrected chi connectivity index (χ4v) is 1.46. The van der Waals surface area contributed by atoms with Gasteiger partial charge in [-0.2, -0.15) is 18.3 Å². The third-order valence-electron chi connectivity index (χ3n) is 2.21. The van der Waals surface area contributed by atoms with Crippen molar-refractivity contribution < 1.29 is 17.9 Å². The molecule has 1 heterocycles. The predicted octanol–water partition coefficient (Wildman–Crippen LogP) is 1.60. The van der Waals surface area contributed by atoms with E-state index in [0.29, 0.717) is 19.0 Å². The van der Waals surface area contributed by atoms with E-state index in [1.54, 1.807) is 4.68 Å². The summed E-state index contributed by atoms with van der Waals surface area (Å²) < 4.78 is 41.7. The Morgan fingerprint density at radius 3 is 2.79 bits per heavy atom. The molecule has 1 aromatic rings. The molecule has 1 aromatic heterocycles. The van der Waals surface area contributed by atoms with Crippen LogP contribution in [0.3, 0.4) is 0 Å². The second-order valence-corrected chi connectivity index (χ2v) is 4.60. The number of hydrogen-bond acceptors (Lipinski definition) is 4. The van der Waals surface area contributed by atoms with Crippen LogP contribution >= 0.6 is 0 Å². The van der Waals surface area contributed by atoms with E-state index in [0.717, 1.165) is 12.4 Å². The molecule has 0 aliphatic heterocycles. The van der Waals surface area contributed by atoms with Gasteiger partial charge >= 0.3 is 6.18 Å². The molecular weight excluding hydrogens is 261 g/mol. The Kier molecular flexibility index (Phi) is 6.23. The Morgan fingerprint density at radius 1 is 1.42 bits per heavy atom. The molecule has 0 bridgehead atoms. The molecule has 0 aliphatic carbocycles. The number of ether oxygens (including phenoxy) is 1. The van der Waals surface area contributed by atoms with Gasteiger partial charge in [-0.1, -0.05) is 13.8 Å². The maximum absolute atomic E-state index is 11.8. The molecule has 0 atom stereocenters. The van der Waals surface area contributed by atoms with Gasteiger partial charge in [-0.25, -0.2) is 9.67 Å². The molecule has 0 aromatic carbocycles. The summed E-state index contributed by atoms with van der Waals surface area (Å²) in [5, 5.41) is 7.06. The SMILES string of the molecule is CC(C)Cn1ncnc1CNCCOCC(F)(F)F. The largest absolute Gasteiger partial charge is 0.411 e. The minimum absolute atomic E-state index is 0.0117. The van der Waals surface area contributed by atoms with Crippen molar-refractivity contribution in [1.29, 1.82) is 0 Å². The Labute approximate surface area is 110 Å². The van der Waals surface area contributed by atoms with Gasteiger partial charge in [0.2, 0.25) is 0 Å². The van der Waals surface area contributed by atoms with Crippen molar-refractivity contribution in [1.82, 2.24) is 20.1 Å². The second kappa shape index (κ2) is 7.44. The highest BCUT2D eigenvalue weighted by molar-refractivity contribution is 4.83. The summed E-state index contributed by atoms with van der Waals surface area (Å²) in [5.74, 6) is 1.22. The first kappa shape index (κ1) is 15.9.